The van der Waals surface area contributed by atoms with Crippen LogP contribution < -0.4 is 14.8 Å². The van der Waals surface area contributed by atoms with Crippen LogP contribution in [0.1, 0.15) is 26.7 Å². The van der Waals surface area contributed by atoms with E-state index in [0.29, 0.717) is 13.2 Å². The van der Waals surface area contributed by atoms with E-state index < -0.39 is 0 Å². The molecule has 1 fully saturated rings. The number of methoxy groups -OCH3 is 1. The van der Waals surface area contributed by atoms with Crippen molar-refractivity contribution in [3.05, 3.63) is 24.3 Å². The van der Waals surface area contributed by atoms with E-state index in [1.807, 2.05) is 38.1 Å². The third-order valence-corrected chi connectivity index (χ3v) is 4.57. The minimum absolute atomic E-state index is 0. The van der Waals surface area contributed by atoms with Crippen molar-refractivity contribution in [2.75, 3.05) is 40.4 Å². The van der Waals surface area contributed by atoms with Crippen molar-refractivity contribution in [1.29, 1.82) is 0 Å². The Bertz CT molecular complexity index is 616. The fraction of sp³-hybridized carbons (Fsp3) is 0.600. The van der Waals surface area contributed by atoms with Crippen molar-refractivity contribution in [3.63, 3.8) is 0 Å². The zero-order chi connectivity index (χ0) is 19.6. The lowest BCUT2D eigenvalue weighted by Crippen LogP contribution is -2.48. The molecule has 0 aliphatic carbocycles. The first-order valence-electron chi connectivity index (χ1n) is 9.50. The number of nitrogens with one attached hydrogen (secondary N) is 1. The van der Waals surface area contributed by atoms with Gasteiger partial charge in [0, 0.05) is 20.1 Å². The van der Waals surface area contributed by atoms with Crippen LogP contribution in [-0.4, -0.2) is 63.3 Å². The lowest BCUT2D eigenvalue weighted by molar-refractivity contribution is -0.149. The highest BCUT2D eigenvalue weighted by molar-refractivity contribution is 14.0. The van der Waals surface area contributed by atoms with Gasteiger partial charge in [-0.25, -0.2) is 0 Å². The van der Waals surface area contributed by atoms with Crippen LogP contribution in [0.25, 0.3) is 0 Å². The second-order valence-electron chi connectivity index (χ2n) is 6.55. The number of nitrogens with zero attached hydrogens (tertiary/aromatic N) is 2. The van der Waals surface area contributed by atoms with Crippen LogP contribution in [0.3, 0.4) is 0 Å². The van der Waals surface area contributed by atoms with Crippen LogP contribution in [-0.2, 0) is 9.53 Å². The van der Waals surface area contributed by atoms with Gasteiger partial charge in [-0.2, -0.15) is 0 Å². The molecular formula is C20H32IN3O4. The summed E-state index contributed by atoms with van der Waals surface area (Å²) in [6, 6.07) is 7.54. The number of carbonyl (C=O) groups is 1. The van der Waals surface area contributed by atoms with Crippen LogP contribution in [0.4, 0.5) is 0 Å². The summed E-state index contributed by atoms with van der Waals surface area (Å²) in [6.45, 7) is 6.50. The van der Waals surface area contributed by atoms with E-state index in [1.165, 1.54) is 0 Å². The van der Waals surface area contributed by atoms with Gasteiger partial charge in [-0.3, -0.25) is 9.79 Å². The number of esters is 1. The molecule has 0 bridgehead atoms. The second kappa shape index (κ2) is 12.7. The van der Waals surface area contributed by atoms with Crippen LogP contribution in [0.2, 0.25) is 0 Å². The Hall–Kier alpha value is -1.71. The molecule has 0 radical (unpaired) electrons. The minimum atomic E-state index is -0.0818. The average Bonchev–Trinajstić information content (AvgIpc) is 2.69. The molecule has 1 aromatic rings. The van der Waals surface area contributed by atoms with Gasteiger partial charge in [-0.15, -0.1) is 24.0 Å². The summed E-state index contributed by atoms with van der Waals surface area (Å²) in [4.78, 5) is 18.4. The smallest absolute Gasteiger partial charge is 0.309 e. The first-order chi connectivity index (χ1) is 13.1. The monoisotopic (exact) mass is 505 g/mol. The number of halogens is 1. The minimum Gasteiger partial charge on any atom is -0.497 e. The van der Waals surface area contributed by atoms with Gasteiger partial charge in [0.05, 0.1) is 26.2 Å². The number of ether oxygens (including phenoxy) is 3. The Morgan fingerprint density at radius 1 is 1.25 bits per heavy atom. The van der Waals surface area contributed by atoms with Crippen molar-refractivity contribution in [3.8, 4) is 11.5 Å². The summed E-state index contributed by atoms with van der Waals surface area (Å²) in [7, 11) is 3.42. The molecule has 1 aliphatic heterocycles. The molecule has 28 heavy (non-hydrogen) atoms. The van der Waals surface area contributed by atoms with Gasteiger partial charge in [0.2, 0.25) is 0 Å². The molecule has 1 heterocycles. The maximum Gasteiger partial charge on any atom is 0.309 e. The number of rotatable bonds is 7. The normalized spacial score (nSPS) is 16.0. The zero-order valence-corrected chi connectivity index (χ0v) is 19.5. The number of likely N-dealkylation sites (tertiary alicyclic amines) is 1. The highest BCUT2D eigenvalue weighted by Gasteiger charge is 2.27. The summed E-state index contributed by atoms with van der Waals surface area (Å²) in [6.07, 6.45) is 1.56. The Kier molecular flexibility index (Phi) is 11.0. The van der Waals surface area contributed by atoms with Gasteiger partial charge >= 0.3 is 5.97 Å². The molecule has 2 rings (SSSR count). The highest BCUT2D eigenvalue weighted by atomic mass is 127. The lowest BCUT2D eigenvalue weighted by Gasteiger charge is -2.33. The molecular weight excluding hydrogens is 473 g/mol. The zero-order valence-electron chi connectivity index (χ0n) is 17.1. The van der Waals surface area contributed by atoms with Crippen molar-refractivity contribution < 1.29 is 19.0 Å². The van der Waals surface area contributed by atoms with Gasteiger partial charge in [0.15, 0.2) is 5.96 Å². The summed E-state index contributed by atoms with van der Waals surface area (Å²) in [5.74, 6) is 2.36. The largest absolute Gasteiger partial charge is 0.497 e. The number of aliphatic imine (C=N–C) groups is 1. The predicted octanol–water partition coefficient (Wildman–Crippen LogP) is 2.93. The van der Waals surface area contributed by atoms with Gasteiger partial charge in [0.1, 0.15) is 17.6 Å². The quantitative estimate of drug-likeness (QED) is 0.266. The number of piperidine rings is 1. The fourth-order valence-corrected chi connectivity index (χ4v) is 3.08. The van der Waals surface area contributed by atoms with E-state index in [0.717, 1.165) is 43.4 Å². The van der Waals surface area contributed by atoms with Crippen molar-refractivity contribution in [2.24, 2.45) is 10.9 Å². The van der Waals surface area contributed by atoms with E-state index in [9.17, 15) is 4.79 Å². The van der Waals surface area contributed by atoms with Gasteiger partial charge in [-0.1, -0.05) is 0 Å². The molecule has 0 aromatic heterocycles. The molecule has 1 aromatic carbocycles. The van der Waals surface area contributed by atoms with E-state index in [4.69, 9.17) is 14.2 Å². The standard InChI is InChI=1S/C20H31N3O4.HI/c1-5-26-19(24)16-10-12-23(13-11-16)20(21-3)22-14-15(2)27-18-8-6-17(25-4)7-9-18;/h6-9,15-16H,5,10-14H2,1-4H3,(H,21,22);1H. The van der Waals surface area contributed by atoms with Crippen molar-refractivity contribution in [2.45, 2.75) is 32.8 Å². The summed E-state index contributed by atoms with van der Waals surface area (Å²) in [5, 5.41) is 3.36. The molecule has 0 spiro atoms. The van der Waals surface area contributed by atoms with Crippen molar-refractivity contribution in [1.82, 2.24) is 10.2 Å². The Morgan fingerprint density at radius 2 is 1.86 bits per heavy atom. The summed E-state index contributed by atoms with van der Waals surface area (Å²) in [5.41, 5.74) is 0. The molecule has 0 amide bonds. The van der Waals surface area contributed by atoms with E-state index in [2.05, 4.69) is 15.2 Å². The predicted molar refractivity (Wildman–Crippen MR) is 121 cm³/mol. The molecule has 1 atom stereocenters. The number of carbonyl (C=O) groups excluding carboxylic acids is 1. The first kappa shape index (κ1) is 24.3. The fourth-order valence-electron chi connectivity index (χ4n) is 3.08. The average molecular weight is 505 g/mol. The lowest BCUT2D eigenvalue weighted by atomic mass is 9.97. The molecule has 8 heteroatoms. The van der Waals surface area contributed by atoms with Crippen molar-refractivity contribution >= 4 is 35.9 Å². The maximum absolute atomic E-state index is 11.9. The van der Waals surface area contributed by atoms with Crippen LogP contribution in [0, 0.1) is 5.92 Å². The number of hydrogen-bond donors (Lipinski definition) is 1. The number of benzene rings is 1. The SMILES string of the molecule is CCOC(=O)C1CCN(C(=NC)NCC(C)Oc2ccc(OC)cc2)CC1.I. The third-order valence-electron chi connectivity index (χ3n) is 4.57. The van der Waals surface area contributed by atoms with Gasteiger partial charge in [-0.05, 0) is 51.0 Å². The van der Waals surface area contributed by atoms with Crippen LogP contribution >= 0.6 is 24.0 Å². The molecule has 1 N–H and O–H groups in total. The maximum atomic E-state index is 11.9. The second-order valence-corrected chi connectivity index (χ2v) is 6.55. The molecule has 1 aliphatic rings. The number of hydrogen-bond acceptors (Lipinski definition) is 5. The molecule has 0 saturated carbocycles. The highest BCUT2D eigenvalue weighted by Crippen LogP contribution is 2.19. The molecule has 1 unspecified atom stereocenters. The Labute approximate surface area is 184 Å². The Morgan fingerprint density at radius 3 is 2.39 bits per heavy atom. The molecule has 7 nitrogen and oxygen atoms in total. The topological polar surface area (TPSA) is 72.4 Å². The summed E-state index contributed by atoms with van der Waals surface area (Å²) < 4.78 is 16.2. The van der Waals surface area contributed by atoms with E-state index >= 15 is 0 Å². The van der Waals surface area contributed by atoms with Crippen LogP contribution in [0.5, 0.6) is 11.5 Å². The molecule has 158 valence electrons. The Balaban J connectivity index is 0.00000392. The number of guanidine groups is 1. The van der Waals surface area contributed by atoms with Gasteiger partial charge in [0.25, 0.3) is 0 Å². The first-order valence-corrected chi connectivity index (χ1v) is 9.50. The summed E-state index contributed by atoms with van der Waals surface area (Å²) >= 11 is 0. The van der Waals surface area contributed by atoms with Crippen LogP contribution in [0.15, 0.2) is 29.3 Å². The van der Waals surface area contributed by atoms with E-state index in [-0.39, 0.29) is 42.0 Å². The van der Waals surface area contributed by atoms with E-state index in [1.54, 1.807) is 14.2 Å². The van der Waals surface area contributed by atoms with Gasteiger partial charge < -0.3 is 24.4 Å². The third kappa shape index (κ3) is 7.37. The molecule has 1 saturated heterocycles.